The van der Waals surface area contributed by atoms with Crippen LogP contribution in [-0.4, -0.2) is 0 Å². The summed E-state index contributed by atoms with van der Waals surface area (Å²) >= 11 is 1.88. The number of hydrogen-bond donors (Lipinski definition) is 0. The van der Waals surface area contributed by atoms with Crippen LogP contribution < -0.4 is 21.5 Å². The van der Waals surface area contributed by atoms with Gasteiger partial charge < -0.3 is 17.0 Å². The molecule has 112 valence electrons. The predicted molar refractivity (Wildman–Crippen MR) is 88.2 cm³/mol. The highest BCUT2D eigenvalue weighted by Crippen LogP contribution is 2.19. The topological polar surface area (TPSA) is 3.88 Å². The van der Waals surface area contributed by atoms with Gasteiger partial charge in [0.2, 0.25) is 5.03 Å². The average molecular weight is 372 g/mol. The van der Waals surface area contributed by atoms with E-state index in [1.165, 1.54) is 16.2 Å². The number of thioether (sulfide) groups is 1. The van der Waals surface area contributed by atoms with Crippen molar-refractivity contribution in [3.63, 3.8) is 0 Å². The summed E-state index contributed by atoms with van der Waals surface area (Å²) in [6.07, 6.45) is 2.15. The van der Waals surface area contributed by atoms with E-state index in [1.807, 2.05) is 11.8 Å². The summed E-state index contributed by atoms with van der Waals surface area (Å²) in [7, 11) is 0. The lowest BCUT2D eigenvalue weighted by molar-refractivity contribution is -0.724. The smallest absolute Gasteiger partial charge is 0.240 e. The van der Waals surface area contributed by atoms with E-state index < -0.39 is 0 Å². The monoisotopic (exact) mass is 371 g/mol. The molecule has 0 amide bonds. The first-order valence-corrected chi connectivity index (χ1v) is 8.09. The fourth-order valence-corrected chi connectivity index (χ4v) is 3.21. The van der Waals surface area contributed by atoms with Crippen molar-refractivity contribution >= 4 is 11.8 Å². The molecule has 0 bridgehead atoms. The van der Waals surface area contributed by atoms with Crippen LogP contribution in [0.3, 0.4) is 0 Å². The molecule has 1 nitrogen and oxygen atoms in total. The molecule has 0 saturated heterocycles. The molecule has 3 aromatic rings. The Bertz CT molecular complexity index is 686. The summed E-state index contributed by atoms with van der Waals surface area (Å²) in [4.78, 5) is 0. The summed E-state index contributed by atoms with van der Waals surface area (Å²) in [5.41, 5.74) is 2.69. The largest absolute Gasteiger partial charge is 1.00 e. The first-order chi connectivity index (χ1) is 10.4. The lowest BCUT2D eigenvalue weighted by atomic mass is 10.2. The molecule has 0 aliphatic carbocycles. The van der Waals surface area contributed by atoms with Gasteiger partial charge >= 0.3 is 0 Å². The van der Waals surface area contributed by atoms with Crippen LogP contribution in [0.15, 0.2) is 90.1 Å². The van der Waals surface area contributed by atoms with Crippen LogP contribution in [0, 0.1) is 0 Å². The minimum atomic E-state index is 0. The molecule has 2 aromatic carbocycles. The van der Waals surface area contributed by atoms with Gasteiger partial charge in [0.1, 0.15) is 0 Å². The second-order valence-electron chi connectivity index (χ2n) is 4.93. The van der Waals surface area contributed by atoms with E-state index >= 15 is 0 Å². The van der Waals surface area contributed by atoms with E-state index in [0.29, 0.717) is 0 Å². The molecule has 0 spiro atoms. The highest BCUT2D eigenvalue weighted by Gasteiger charge is 2.10. The third kappa shape index (κ3) is 4.72. The predicted octanol–water partition coefficient (Wildman–Crippen LogP) is 1.32. The SMILES string of the molecule is [Br-].c1ccc(CSc2cccc[n+]2Cc2ccccc2)cc1. The lowest BCUT2D eigenvalue weighted by Gasteiger charge is -2.04. The Hall–Kier alpha value is -1.58. The average Bonchev–Trinajstić information content (AvgIpc) is 2.56. The maximum Gasteiger partial charge on any atom is 0.240 e. The van der Waals surface area contributed by atoms with Crippen LogP contribution in [0.1, 0.15) is 11.1 Å². The molecule has 22 heavy (non-hydrogen) atoms. The minimum absolute atomic E-state index is 0. The van der Waals surface area contributed by atoms with Crippen molar-refractivity contribution < 1.29 is 21.5 Å². The second-order valence-corrected chi connectivity index (χ2v) is 5.92. The molecule has 3 rings (SSSR count). The zero-order valence-corrected chi connectivity index (χ0v) is 14.6. The normalized spacial score (nSPS) is 10.0. The first kappa shape index (κ1) is 16.8. The quantitative estimate of drug-likeness (QED) is 0.483. The molecule has 0 unspecified atom stereocenters. The molecular weight excluding hydrogens is 354 g/mol. The Kier molecular flexibility index (Phi) is 6.69. The Labute approximate surface area is 146 Å². The van der Waals surface area contributed by atoms with Gasteiger partial charge in [-0.25, -0.2) is 0 Å². The zero-order valence-electron chi connectivity index (χ0n) is 12.2. The van der Waals surface area contributed by atoms with Crippen molar-refractivity contribution in [2.45, 2.75) is 17.3 Å². The van der Waals surface area contributed by atoms with E-state index in [1.54, 1.807) is 0 Å². The van der Waals surface area contributed by atoms with Gasteiger partial charge in [-0.3, -0.25) is 0 Å². The summed E-state index contributed by atoms with van der Waals surface area (Å²) in [5.74, 6) is 1.000. The number of rotatable bonds is 5. The van der Waals surface area contributed by atoms with Gasteiger partial charge in [0.15, 0.2) is 12.7 Å². The number of benzene rings is 2. The van der Waals surface area contributed by atoms with Crippen molar-refractivity contribution in [3.8, 4) is 0 Å². The van der Waals surface area contributed by atoms with Crippen LogP contribution >= 0.6 is 11.8 Å². The Balaban J connectivity index is 0.00000176. The van der Waals surface area contributed by atoms with Gasteiger partial charge in [-0.15, -0.1) is 0 Å². The van der Waals surface area contributed by atoms with Crippen molar-refractivity contribution in [1.82, 2.24) is 0 Å². The zero-order chi connectivity index (χ0) is 14.3. The number of hydrogen-bond acceptors (Lipinski definition) is 1. The molecule has 0 aliphatic heterocycles. The summed E-state index contributed by atoms with van der Waals surface area (Å²) in [5, 5.41) is 1.30. The van der Waals surface area contributed by atoms with Crippen molar-refractivity contribution in [3.05, 3.63) is 96.2 Å². The first-order valence-electron chi connectivity index (χ1n) is 7.11. The molecule has 0 fully saturated rings. The van der Waals surface area contributed by atoms with E-state index in [9.17, 15) is 0 Å². The van der Waals surface area contributed by atoms with Gasteiger partial charge in [-0.2, -0.15) is 4.57 Å². The van der Waals surface area contributed by atoms with Crippen molar-refractivity contribution in [1.29, 1.82) is 0 Å². The molecule has 0 N–H and O–H groups in total. The van der Waals surface area contributed by atoms with E-state index in [0.717, 1.165) is 12.3 Å². The minimum Gasteiger partial charge on any atom is -1.00 e. The molecule has 1 aromatic heterocycles. The lowest BCUT2D eigenvalue weighted by Crippen LogP contribution is -3.00. The fraction of sp³-hybridized carbons (Fsp3) is 0.105. The van der Waals surface area contributed by atoms with Crippen LogP contribution in [0.2, 0.25) is 0 Å². The molecule has 0 atom stereocenters. The Morgan fingerprint density at radius 1 is 0.682 bits per heavy atom. The highest BCUT2D eigenvalue weighted by molar-refractivity contribution is 7.98. The standard InChI is InChI=1S/C19H18NS.BrH/c1-3-9-17(10-4-1)15-20-14-8-7-13-19(20)21-16-18-11-5-2-6-12-18;/h1-14H,15-16H2;1H/q+1;/p-1. The van der Waals surface area contributed by atoms with E-state index in [2.05, 4.69) is 89.6 Å². The maximum absolute atomic E-state index is 2.31. The van der Waals surface area contributed by atoms with Gasteiger partial charge in [0.25, 0.3) is 0 Å². The summed E-state index contributed by atoms with van der Waals surface area (Å²) in [6.45, 7) is 0.915. The van der Waals surface area contributed by atoms with Crippen LogP contribution in [-0.2, 0) is 12.3 Å². The summed E-state index contributed by atoms with van der Waals surface area (Å²) in [6, 6.07) is 27.6. The highest BCUT2D eigenvalue weighted by atomic mass is 79.9. The van der Waals surface area contributed by atoms with Gasteiger partial charge in [-0.05, 0) is 11.6 Å². The molecule has 0 aliphatic rings. The Morgan fingerprint density at radius 3 is 1.95 bits per heavy atom. The van der Waals surface area contributed by atoms with Crippen LogP contribution in [0.4, 0.5) is 0 Å². The second kappa shape index (κ2) is 8.76. The number of aromatic nitrogens is 1. The molecule has 0 saturated carbocycles. The molecule has 0 radical (unpaired) electrons. The number of nitrogens with zero attached hydrogens (tertiary/aromatic N) is 1. The third-order valence-electron chi connectivity index (χ3n) is 3.32. The van der Waals surface area contributed by atoms with Crippen molar-refractivity contribution in [2.24, 2.45) is 0 Å². The van der Waals surface area contributed by atoms with E-state index in [-0.39, 0.29) is 17.0 Å². The summed E-state index contributed by atoms with van der Waals surface area (Å²) < 4.78 is 2.31. The van der Waals surface area contributed by atoms with Gasteiger partial charge in [-0.1, -0.05) is 72.4 Å². The van der Waals surface area contributed by atoms with E-state index in [4.69, 9.17) is 0 Å². The fourth-order valence-electron chi connectivity index (χ4n) is 2.23. The third-order valence-corrected chi connectivity index (χ3v) is 4.47. The molecule has 1 heterocycles. The molecular formula is C19H18BrNS. The van der Waals surface area contributed by atoms with Crippen LogP contribution in [0.5, 0.6) is 0 Å². The van der Waals surface area contributed by atoms with Gasteiger partial charge in [0.05, 0.1) is 0 Å². The maximum atomic E-state index is 2.31. The Morgan fingerprint density at radius 2 is 1.27 bits per heavy atom. The molecule has 3 heteroatoms. The van der Waals surface area contributed by atoms with Crippen molar-refractivity contribution in [2.75, 3.05) is 0 Å². The van der Waals surface area contributed by atoms with Gasteiger partial charge in [0, 0.05) is 23.4 Å². The number of halogens is 1. The van der Waals surface area contributed by atoms with Crippen LogP contribution in [0.25, 0.3) is 0 Å². The number of pyridine rings is 1.